The number of aromatic hydroxyl groups is 1. The van der Waals surface area contributed by atoms with Crippen LogP contribution in [0.3, 0.4) is 0 Å². The molecular formula is C21H23NO7S. The van der Waals surface area contributed by atoms with Gasteiger partial charge in [0.1, 0.15) is 11.9 Å². The number of phenolic OH excluding ortho intramolecular Hbond substituents is 1. The summed E-state index contributed by atoms with van der Waals surface area (Å²) in [4.78, 5) is 23.8. The molecule has 0 saturated carbocycles. The number of phenols is 1. The Morgan fingerprint density at radius 2 is 1.90 bits per heavy atom. The summed E-state index contributed by atoms with van der Waals surface area (Å²) < 4.78 is 21.3. The molecule has 1 aliphatic rings. The third-order valence-electron chi connectivity index (χ3n) is 4.56. The van der Waals surface area contributed by atoms with E-state index in [1.807, 2.05) is 6.92 Å². The number of hydrogen-bond donors (Lipinski definition) is 3. The molecule has 0 aliphatic carbocycles. The van der Waals surface area contributed by atoms with Gasteiger partial charge in [-0.1, -0.05) is 19.1 Å². The summed E-state index contributed by atoms with van der Waals surface area (Å²) >= 11 is 3.87. The number of carbonyl (C=O) groups excluding carboxylic acids is 2. The molecule has 30 heavy (non-hydrogen) atoms. The Bertz CT molecular complexity index is 887. The molecule has 0 radical (unpaired) electrons. The molecule has 1 amide bonds. The molecule has 0 spiro atoms. The molecule has 2 aromatic rings. The number of nitrogens with one attached hydrogen (secondary N) is 1. The minimum absolute atomic E-state index is 0.00418. The van der Waals surface area contributed by atoms with Gasteiger partial charge in [0.25, 0.3) is 0 Å². The van der Waals surface area contributed by atoms with Crippen LogP contribution in [0, 0.1) is 5.92 Å². The highest BCUT2D eigenvalue weighted by molar-refractivity contribution is 7.81. The van der Waals surface area contributed by atoms with Gasteiger partial charge >= 0.3 is 12.1 Å². The van der Waals surface area contributed by atoms with Crippen LogP contribution in [0.1, 0.15) is 25.0 Å². The van der Waals surface area contributed by atoms with Gasteiger partial charge in [0, 0.05) is 17.7 Å². The number of fused-ring (bicyclic) bond motifs is 1. The van der Waals surface area contributed by atoms with Crippen LogP contribution in [0.25, 0.3) is 0 Å². The van der Waals surface area contributed by atoms with E-state index in [-0.39, 0.29) is 30.8 Å². The van der Waals surface area contributed by atoms with Gasteiger partial charge in [-0.3, -0.25) is 10.1 Å². The first-order valence-electron chi connectivity index (χ1n) is 9.39. The molecule has 2 N–H and O–H groups in total. The zero-order chi connectivity index (χ0) is 21.5. The summed E-state index contributed by atoms with van der Waals surface area (Å²) in [5.41, 5.74) is 1.21. The molecule has 0 aromatic heterocycles. The number of benzene rings is 2. The molecule has 0 saturated heterocycles. The average molecular weight is 433 g/mol. The predicted octanol–water partition coefficient (Wildman–Crippen LogP) is 3.91. The van der Waals surface area contributed by atoms with E-state index < -0.39 is 18.2 Å². The van der Waals surface area contributed by atoms with Crippen LogP contribution >= 0.6 is 12.6 Å². The van der Waals surface area contributed by atoms with Crippen molar-refractivity contribution < 1.29 is 33.6 Å². The minimum Gasteiger partial charge on any atom is -0.508 e. The Kier molecular flexibility index (Phi) is 7.29. The largest absolute Gasteiger partial charge is 0.508 e. The molecule has 3 rings (SSSR count). The van der Waals surface area contributed by atoms with Gasteiger partial charge in [-0.05, 0) is 36.2 Å². The van der Waals surface area contributed by atoms with Gasteiger partial charge in [0.05, 0.1) is 12.4 Å². The van der Waals surface area contributed by atoms with E-state index in [2.05, 4.69) is 17.9 Å². The molecule has 9 heteroatoms. The highest BCUT2D eigenvalue weighted by Crippen LogP contribution is 2.35. The second kappa shape index (κ2) is 10.1. The third kappa shape index (κ3) is 5.73. The standard InChI is InChI=1S/C21H23NO7S/c1-13(8-9-26-19(24)11-30)20(14-2-5-16(23)6-3-14)29-21(25)22-15-4-7-17-18(10-15)28-12-27-17/h2-7,10,13,20,23,30H,8-9,11-12H2,1H3,(H,22,25)/t13-,20+/m1/s1. The van der Waals surface area contributed by atoms with Crippen molar-refractivity contribution >= 4 is 30.4 Å². The van der Waals surface area contributed by atoms with E-state index in [1.165, 1.54) is 12.1 Å². The molecule has 2 aromatic carbocycles. The van der Waals surface area contributed by atoms with Crippen LogP contribution in [-0.4, -0.2) is 36.3 Å². The number of amides is 1. The Labute approximate surface area is 179 Å². The summed E-state index contributed by atoms with van der Waals surface area (Å²) in [7, 11) is 0. The van der Waals surface area contributed by atoms with Crippen molar-refractivity contribution in [2.24, 2.45) is 5.92 Å². The maximum Gasteiger partial charge on any atom is 0.412 e. The fourth-order valence-corrected chi connectivity index (χ4v) is 3.06. The molecular weight excluding hydrogens is 410 g/mol. The second-order valence-electron chi connectivity index (χ2n) is 6.76. The number of carbonyl (C=O) groups is 2. The molecule has 0 unspecified atom stereocenters. The summed E-state index contributed by atoms with van der Waals surface area (Å²) in [5, 5.41) is 12.2. The van der Waals surface area contributed by atoms with E-state index in [9.17, 15) is 14.7 Å². The van der Waals surface area contributed by atoms with Crippen molar-refractivity contribution in [3.63, 3.8) is 0 Å². The van der Waals surface area contributed by atoms with Crippen LogP contribution < -0.4 is 14.8 Å². The first kappa shape index (κ1) is 21.6. The maximum absolute atomic E-state index is 12.5. The molecule has 160 valence electrons. The SMILES string of the molecule is C[C@H](CCOC(=O)CS)[C@H](OC(=O)Nc1ccc2c(c1)OCO2)c1ccc(O)cc1. The van der Waals surface area contributed by atoms with Crippen molar-refractivity contribution in [1.82, 2.24) is 0 Å². The van der Waals surface area contributed by atoms with Gasteiger partial charge in [0.15, 0.2) is 11.5 Å². The van der Waals surface area contributed by atoms with Crippen LogP contribution in [0.4, 0.5) is 10.5 Å². The lowest BCUT2D eigenvalue weighted by Crippen LogP contribution is -2.23. The van der Waals surface area contributed by atoms with Gasteiger partial charge < -0.3 is 24.1 Å². The monoisotopic (exact) mass is 433 g/mol. The topological polar surface area (TPSA) is 103 Å². The maximum atomic E-state index is 12.5. The van der Waals surface area contributed by atoms with Crippen LogP contribution in [0.5, 0.6) is 17.2 Å². The van der Waals surface area contributed by atoms with E-state index in [0.29, 0.717) is 29.2 Å². The number of thiol groups is 1. The van der Waals surface area contributed by atoms with Crippen molar-refractivity contribution in [3.05, 3.63) is 48.0 Å². The van der Waals surface area contributed by atoms with Crippen molar-refractivity contribution in [2.75, 3.05) is 24.5 Å². The van der Waals surface area contributed by atoms with E-state index in [1.54, 1.807) is 30.3 Å². The van der Waals surface area contributed by atoms with E-state index in [4.69, 9.17) is 18.9 Å². The zero-order valence-electron chi connectivity index (χ0n) is 16.4. The van der Waals surface area contributed by atoms with Gasteiger partial charge in [-0.2, -0.15) is 12.6 Å². The first-order chi connectivity index (χ1) is 14.5. The molecule has 1 aliphatic heterocycles. The van der Waals surface area contributed by atoms with Crippen LogP contribution in [0.15, 0.2) is 42.5 Å². The fourth-order valence-electron chi connectivity index (χ4n) is 2.97. The number of anilines is 1. The molecule has 1 heterocycles. The van der Waals surface area contributed by atoms with E-state index in [0.717, 1.165) is 0 Å². The Hall–Kier alpha value is -3.07. The molecule has 8 nitrogen and oxygen atoms in total. The highest BCUT2D eigenvalue weighted by Gasteiger charge is 2.25. The lowest BCUT2D eigenvalue weighted by Gasteiger charge is -2.25. The Balaban J connectivity index is 1.67. The minimum atomic E-state index is -0.647. The lowest BCUT2D eigenvalue weighted by molar-refractivity contribution is -0.141. The Morgan fingerprint density at radius 3 is 2.63 bits per heavy atom. The number of hydrogen-bond acceptors (Lipinski definition) is 8. The second-order valence-corrected chi connectivity index (χ2v) is 7.07. The van der Waals surface area contributed by atoms with Gasteiger partial charge in [-0.25, -0.2) is 4.79 Å². The van der Waals surface area contributed by atoms with E-state index >= 15 is 0 Å². The van der Waals surface area contributed by atoms with Crippen LogP contribution in [-0.2, 0) is 14.3 Å². The molecule has 0 fully saturated rings. The van der Waals surface area contributed by atoms with Gasteiger partial charge in [-0.15, -0.1) is 0 Å². The zero-order valence-corrected chi connectivity index (χ0v) is 17.3. The first-order valence-corrected chi connectivity index (χ1v) is 10.0. The molecule has 0 bridgehead atoms. The van der Waals surface area contributed by atoms with Crippen molar-refractivity contribution in [3.8, 4) is 17.2 Å². The average Bonchev–Trinajstić information content (AvgIpc) is 3.20. The van der Waals surface area contributed by atoms with Crippen molar-refractivity contribution in [2.45, 2.75) is 19.4 Å². The normalized spacial score (nSPS) is 13.9. The summed E-state index contributed by atoms with van der Waals surface area (Å²) in [6, 6.07) is 11.5. The van der Waals surface area contributed by atoms with Crippen LogP contribution in [0.2, 0.25) is 0 Å². The van der Waals surface area contributed by atoms with Gasteiger partial charge in [0.2, 0.25) is 6.79 Å². The summed E-state index contributed by atoms with van der Waals surface area (Å²) in [5.74, 6) is 0.697. The lowest BCUT2D eigenvalue weighted by atomic mass is 9.94. The quantitative estimate of drug-likeness (QED) is 0.428. The summed E-state index contributed by atoms with van der Waals surface area (Å²) in [6.07, 6.45) is -0.789. The number of ether oxygens (including phenoxy) is 4. The summed E-state index contributed by atoms with van der Waals surface area (Å²) in [6.45, 7) is 2.21. The molecule has 2 atom stereocenters. The Morgan fingerprint density at radius 1 is 1.17 bits per heavy atom. The fraction of sp³-hybridized carbons (Fsp3) is 0.333. The smallest absolute Gasteiger partial charge is 0.412 e. The third-order valence-corrected chi connectivity index (χ3v) is 4.81. The predicted molar refractivity (Wildman–Crippen MR) is 112 cm³/mol. The number of esters is 1. The van der Waals surface area contributed by atoms with Crippen molar-refractivity contribution in [1.29, 1.82) is 0 Å². The highest BCUT2D eigenvalue weighted by atomic mass is 32.1. The number of rotatable bonds is 8.